The average Bonchev–Trinajstić information content (AvgIpc) is 2.65. The average molecular weight is 254 g/mol. The van der Waals surface area contributed by atoms with Gasteiger partial charge in [0.2, 0.25) is 0 Å². The van der Waals surface area contributed by atoms with Crippen LogP contribution in [-0.2, 0) is 7.05 Å². The number of imidazole rings is 1. The van der Waals surface area contributed by atoms with E-state index in [1.165, 1.54) is 5.69 Å². The Labute approximate surface area is 108 Å². The summed E-state index contributed by atoms with van der Waals surface area (Å²) >= 11 is 2.07. The van der Waals surface area contributed by atoms with Crippen LogP contribution in [0.15, 0.2) is 12.5 Å². The molecular formula is C12H22N4S. The number of rotatable bonds is 3. The second kappa shape index (κ2) is 5.42. The molecule has 3 atom stereocenters. The van der Waals surface area contributed by atoms with Crippen LogP contribution in [0.2, 0.25) is 0 Å². The first-order valence-corrected chi connectivity index (χ1v) is 7.12. The first-order valence-electron chi connectivity index (χ1n) is 6.17. The molecule has 1 aliphatic heterocycles. The molecule has 0 spiro atoms. The highest BCUT2D eigenvalue weighted by atomic mass is 32.2. The maximum atomic E-state index is 5.97. The van der Waals surface area contributed by atoms with Gasteiger partial charge in [0.1, 0.15) is 0 Å². The molecule has 96 valence electrons. The fraction of sp³-hybridized carbons (Fsp3) is 0.750. The molecule has 1 fully saturated rings. The molecule has 2 N–H and O–H groups in total. The molecular weight excluding hydrogens is 232 g/mol. The zero-order valence-corrected chi connectivity index (χ0v) is 11.7. The molecule has 2 rings (SSSR count). The van der Waals surface area contributed by atoms with E-state index in [1.54, 1.807) is 0 Å². The lowest BCUT2D eigenvalue weighted by molar-refractivity contribution is 0.193. The van der Waals surface area contributed by atoms with Gasteiger partial charge in [-0.05, 0) is 0 Å². The number of nitrogens with two attached hydrogens (primary N) is 1. The second-order valence-electron chi connectivity index (χ2n) is 4.89. The van der Waals surface area contributed by atoms with Crippen molar-refractivity contribution in [2.75, 3.05) is 19.6 Å². The van der Waals surface area contributed by atoms with Crippen LogP contribution in [0, 0.1) is 0 Å². The first kappa shape index (κ1) is 12.9. The van der Waals surface area contributed by atoms with Crippen molar-refractivity contribution in [1.82, 2.24) is 14.5 Å². The third-order valence-corrected chi connectivity index (χ3v) is 4.53. The minimum absolute atomic E-state index is 0.299. The summed E-state index contributed by atoms with van der Waals surface area (Å²) in [6, 6.07) is 0.299. The molecule has 1 aromatic rings. The molecule has 1 saturated heterocycles. The van der Waals surface area contributed by atoms with Crippen LogP contribution < -0.4 is 5.73 Å². The maximum absolute atomic E-state index is 5.97. The molecule has 0 bridgehead atoms. The zero-order valence-electron chi connectivity index (χ0n) is 10.8. The third-order valence-electron chi connectivity index (χ3n) is 3.31. The second-order valence-corrected chi connectivity index (χ2v) is 6.77. The number of aromatic nitrogens is 2. The van der Waals surface area contributed by atoms with Gasteiger partial charge in [0, 0.05) is 43.4 Å². The molecule has 5 heteroatoms. The van der Waals surface area contributed by atoms with Gasteiger partial charge < -0.3 is 10.3 Å². The summed E-state index contributed by atoms with van der Waals surface area (Å²) in [5, 5.41) is 1.36. The highest BCUT2D eigenvalue weighted by Gasteiger charge is 2.29. The van der Waals surface area contributed by atoms with Gasteiger partial charge in [0.15, 0.2) is 0 Å². The van der Waals surface area contributed by atoms with E-state index in [9.17, 15) is 0 Å². The molecule has 1 aromatic heterocycles. The maximum Gasteiger partial charge on any atom is 0.0946 e. The largest absolute Gasteiger partial charge is 0.336 e. The summed E-state index contributed by atoms with van der Waals surface area (Å²) in [4.78, 5) is 6.70. The molecule has 2 heterocycles. The molecule has 0 amide bonds. The summed E-state index contributed by atoms with van der Waals surface area (Å²) < 4.78 is 2.08. The quantitative estimate of drug-likeness (QED) is 0.882. The topological polar surface area (TPSA) is 47.1 Å². The molecule has 1 aliphatic rings. The van der Waals surface area contributed by atoms with Crippen LogP contribution in [0.3, 0.4) is 0 Å². The number of thioether (sulfide) groups is 1. The minimum Gasteiger partial charge on any atom is -0.336 e. The van der Waals surface area contributed by atoms with Gasteiger partial charge in [-0.15, -0.1) is 0 Å². The molecule has 0 saturated carbocycles. The Balaban J connectivity index is 2.15. The van der Waals surface area contributed by atoms with E-state index in [4.69, 9.17) is 5.73 Å². The highest BCUT2D eigenvalue weighted by molar-refractivity contribution is 8.00. The summed E-state index contributed by atoms with van der Waals surface area (Å²) in [6.07, 6.45) is 3.79. The van der Waals surface area contributed by atoms with Gasteiger partial charge in [-0.1, -0.05) is 13.8 Å². The van der Waals surface area contributed by atoms with Crippen molar-refractivity contribution >= 4 is 11.8 Å². The molecule has 17 heavy (non-hydrogen) atoms. The van der Waals surface area contributed by atoms with E-state index in [1.807, 2.05) is 19.6 Å². The fourth-order valence-electron chi connectivity index (χ4n) is 2.62. The fourth-order valence-corrected chi connectivity index (χ4v) is 3.97. The Morgan fingerprint density at radius 3 is 2.59 bits per heavy atom. The van der Waals surface area contributed by atoms with Gasteiger partial charge in [-0.3, -0.25) is 4.90 Å². The van der Waals surface area contributed by atoms with Gasteiger partial charge in [0.25, 0.3) is 0 Å². The van der Waals surface area contributed by atoms with E-state index >= 15 is 0 Å². The molecule has 0 aliphatic carbocycles. The molecule has 3 unspecified atom stereocenters. The van der Waals surface area contributed by atoms with E-state index < -0.39 is 0 Å². The molecule has 0 radical (unpaired) electrons. The van der Waals surface area contributed by atoms with Crippen LogP contribution in [-0.4, -0.2) is 44.6 Å². The van der Waals surface area contributed by atoms with Gasteiger partial charge in [0.05, 0.1) is 18.1 Å². The van der Waals surface area contributed by atoms with Crippen LogP contribution in [0.1, 0.15) is 25.6 Å². The SMILES string of the molecule is CC1CN(C(CN)c2cncn2C)CC(C)S1. The van der Waals surface area contributed by atoms with E-state index in [0.717, 1.165) is 13.1 Å². The lowest BCUT2D eigenvalue weighted by Crippen LogP contribution is -2.45. The number of aryl methyl sites for hydroxylation is 1. The number of hydrogen-bond donors (Lipinski definition) is 1. The van der Waals surface area contributed by atoms with Crippen LogP contribution >= 0.6 is 11.8 Å². The lowest BCUT2D eigenvalue weighted by atomic mass is 10.1. The van der Waals surface area contributed by atoms with Crippen LogP contribution in [0.4, 0.5) is 0 Å². The summed E-state index contributed by atoms with van der Waals surface area (Å²) in [5.41, 5.74) is 7.19. The van der Waals surface area contributed by atoms with Crippen molar-refractivity contribution < 1.29 is 0 Å². The Kier molecular flexibility index (Phi) is 4.12. The van der Waals surface area contributed by atoms with E-state index in [0.29, 0.717) is 23.1 Å². The highest BCUT2D eigenvalue weighted by Crippen LogP contribution is 2.30. The van der Waals surface area contributed by atoms with Crippen molar-refractivity contribution in [3.63, 3.8) is 0 Å². The molecule has 4 nitrogen and oxygen atoms in total. The van der Waals surface area contributed by atoms with Gasteiger partial charge in [-0.25, -0.2) is 4.98 Å². The van der Waals surface area contributed by atoms with Gasteiger partial charge in [-0.2, -0.15) is 11.8 Å². The van der Waals surface area contributed by atoms with Crippen molar-refractivity contribution in [2.45, 2.75) is 30.4 Å². The van der Waals surface area contributed by atoms with Crippen LogP contribution in [0.5, 0.6) is 0 Å². The molecule has 0 aromatic carbocycles. The summed E-state index contributed by atoms with van der Waals surface area (Å²) in [7, 11) is 2.04. The smallest absolute Gasteiger partial charge is 0.0946 e. The zero-order chi connectivity index (χ0) is 12.4. The first-order chi connectivity index (χ1) is 8.11. The monoisotopic (exact) mass is 254 g/mol. The summed E-state index contributed by atoms with van der Waals surface area (Å²) in [6.45, 7) is 7.47. The third kappa shape index (κ3) is 2.84. The predicted molar refractivity (Wildman–Crippen MR) is 73.1 cm³/mol. The van der Waals surface area contributed by atoms with Crippen molar-refractivity contribution in [3.8, 4) is 0 Å². The lowest BCUT2D eigenvalue weighted by Gasteiger charge is -2.39. The van der Waals surface area contributed by atoms with Crippen LogP contribution in [0.25, 0.3) is 0 Å². The Morgan fingerprint density at radius 2 is 2.12 bits per heavy atom. The predicted octanol–water partition coefficient (Wildman–Crippen LogP) is 1.25. The normalized spacial score (nSPS) is 28.2. The Morgan fingerprint density at radius 1 is 1.47 bits per heavy atom. The van der Waals surface area contributed by atoms with E-state index in [-0.39, 0.29) is 0 Å². The summed E-state index contributed by atoms with van der Waals surface area (Å²) in [5.74, 6) is 0. The minimum atomic E-state index is 0.299. The Bertz CT molecular complexity index is 355. The van der Waals surface area contributed by atoms with Gasteiger partial charge >= 0.3 is 0 Å². The Hall–Kier alpha value is -0.520. The standard InChI is InChI=1S/C12H22N4S/c1-9-6-16(7-10(2)17-9)11(4-13)12-5-14-8-15(12)3/h5,8-11H,4,6-7,13H2,1-3H3. The van der Waals surface area contributed by atoms with Crippen molar-refractivity contribution in [2.24, 2.45) is 12.8 Å². The number of hydrogen-bond acceptors (Lipinski definition) is 4. The van der Waals surface area contributed by atoms with Crippen molar-refractivity contribution in [3.05, 3.63) is 18.2 Å². The van der Waals surface area contributed by atoms with E-state index in [2.05, 4.69) is 40.1 Å². The van der Waals surface area contributed by atoms with Crippen molar-refractivity contribution in [1.29, 1.82) is 0 Å². The number of nitrogens with zero attached hydrogens (tertiary/aromatic N) is 3.